The van der Waals surface area contributed by atoms with Gasteiger partial charge < -0.3 is 10.3 Å². The summed E-state index contributed by atoms with van der Waals surface area (Å²) in [6.07, 6.45) is 2.27. The van der Waals surface area contributed by atoms with Gasteiger partial charge in [0.2, 0.25) is 0 Å². The van der Waals surface area contributed by atoms with Crippen LogP contribution in [-0.2, 0) is 6.42 Å². The normalized spacial score (nSPS) is 10.7. The molecule has 2 N–H and O–H groups in total. The Morgan fingerprint density at radius 1 is 1.15 bits per heavy atom. The molecule has 0 atom stereocenters. The van der Waals surface area contributed by atoms with Crippen molar-refractivity contribution in [2.24, 2.45) is 0 Å². The van der Waals surface area contributed by atoms with Gasteiger partial charge in [0, 0.05) is 12.6 Å². The lowest BCUT2D eigenvalue weighted by molar-refractivity contribution is 0.423. The molecule has 0 bridgehead atoms. The number of anilines is 1. The van der Waals surface area contributed by atoms with E-state index in [0.29, 0.717) is 29.5 Å². The number of nitrogens with zero attached hydrogens (tertiary/aromatic N) is 3. The van der Waals surface area contributed by atoms with Crippen LogP contribution in [0.15, 0.2) is 47.1 Å². The molecule has 0 aliphatic carbocycles. The average molecular weight is 266 g/mol. The van der Waals surface area contributed by atoms with E-state index in [9.17, 15) is 0 Å². The van der Waals surface area contributed by atoms with Gasteiger partial charge in [-0.05, 0) is 24.6 Å². The molecule has 5 heteroatoms. The van der Waals surface area contributed by atoms with Crippen molar-refractivity contribution in [1.29, 1.82) is 0 Å². The van der Waals surface area contributed by atoms with Gasteiger partial charge in [0.05, 0.1) is 5.69 Å². The average Bonchev–Trinajstić information content (AvgIpc) is 2.90. The summed E-state index contributed by atoms with van der Waals surface area (Å²) >= 11 is 0. The minimum Gasteiger partial charge on any atom is -0.397 e. The summed E-state index contributed by atoms with van der Waals surface area (Å²) in [5.41, 5.74) is 9.25. The first kappa shape index (κ1) is 12.3. The van der Waals surface area contributed by atoms with Crippen molar-refractivity contribution < 1.29 is 4.52 Å². The molecular formula is C15H14N4O. The fourth-order valence-corrected chi connectivity index (χ4v) is 1.91. The van der Waals surface area contributed by atoms with Crippen LogP contribution in [0, 0.1) is 6.92 Å². The maximum Gasteiger partial charge on any atom is 0.278 e. The van der Waals surface area contributed by atoms with E-state index in [2.05, 4.69) is 46.3 Å². The maximum atomic E-state index is 5.84. The van der Waals surface area contributed by atoms with Crippen LogP contribution in [0.5, 0.6) is 0 Å². The van der Waals surface area contributed by atoms with Crippen molar-refractivity contribution in [2.45, 2.75) is 13.3 Å². The predicted octanol–water partition coefficient (Wildman–Crippen LogP) is 2.61. The predicted molar refractivity (Wildman–Crippen MR) is 75.9 cm³/mol. The largest absolute Gasteiger partial charge is 0.397 e. The van der Waals surface area contributed by atoms with E-state index in [-0.39, 0.29) is 0 Å². The first-order chi connectivity index (χ1) is 9.72. The Hall–Kier alpha value is -2.69. The van der Waals surface area contributed by atoms with E-state index < -0.39 is 0 Å². The molecule has 20 heavy (non-hydrogen) atoms. The molecule has 0 aliphatic heterocycles. The van der Waals surface area contributed by atoms with E-state index in [1.807, 2.05) is 0 Å². The topological polar surface area (TPSA) is 77.8 Å². The molecule has 0 radical (unpaired) electrons. The van der Waals surface area contributed by atoms with Gasteiger partial charge in [-0.15, -0.1) is 0 Å². The van der Waals surface area contributed by atoms with Gasteiger partial charge in [-0.3, -0.25) is 0 Å². The second-order valence-electron chi connectivity index (χ2n) is 4.62. The lowest BCUT2D eigenvalue weighted by Crippen LogP contribution is -1.94. The molecule has 0 amide bonds. The van der Waals surface area contributed by atoms with Gasteiger partial charge in [-0.25, -0.2) is 4.98 Å². The van der Waals surface area contributed by atoms with Crippen LogP contribution in [0.2, 0.25) is 0 Å². The van der Waals surface area contributed by atoms with E-state index in [0.717, 1.165) is 5.56 Å². The van der Waals surface area contributed by atoms with Crippen LogP contribution in [-0.4, -0.2) is 15.1 Å². The van der Waals surface area contributed by atoms with Crippen molar-refractivity contribution in [2.75, 3.05) is 5.73 Å². The zero-order valence-corrected chi connectivity index (χ0v) is 11.1. The molecule has 3 rings (SSSR count). The third kappa shape index (κ3) is 2.51. The number of pyridine rings is 1. The van der Waals surface area contributed by atoms with E-state index >= 15 is 0 Å². The zero-order chi connectivity index (χ0) is 13.9. The molecule has 0 saturated heterocycles. The van der Waals surface area contributed by atoms with Crippen molar-refractivity contribution in [3.8, 4) is 11.6 Å². The van der Waals surface area contributed by atoms with Gasteiger partial charge in [0.15, 0.2) is 11.5 Å². The summed E-state index contributed by atoms with van der Waals surface area (Å²) in [5.74, 6) is 0.971. The number of rotatable bonds is 3. The highest BCUT2D eigenvalue weighted by Crippen LogP contribution is 2.21. The highest BCUT2D eigenvalue weighted by atomic mass is 16.5. The second kappa shape index (κ2) is 5.13. The van der Waals surface area contributed by atoms with E-state index in [1.54, 1.807) is 18.3 Å². The molecule has 0 spiro atoms. The van der Waals surface area contributed by atoms with Crippen LogP contribution in [0.1, 0.15) is 17.0 Å². The van der Waals surface area contributed by atoms with Crippen molar-refractivity contribution >= 4 is 5.69 Å². The third-order valence-corrected chi connectivity index (χ3v) is 2.99. The highest BCUT2D eigenvalue weighted by molar-refractivity contribution is 5.65. The molecule has 2 aromatic heterocycles. The zero-order valence-electron chi connectivity index (χ0n) is 11.1. The molecule has 0 saturated carbocycles. The summed E-state index contributed by atoms with van der Waals surface area (Å²) in [5, 5.41) is 3.97. The van der Waals surface area contributed by atoms with Crippen molar-refractivity contribution in [1.82, 2.24) is 15.1 Å². The van der Waals surface area contributed by atoms with Crippen LogP contribution < -0.4 is 5.73 Å². The minimum atomic E-state index is 0.352. The maximum absolute atomic E-state index is 5.84. The summed E-state index contributed by atoms with van der Waals surface area (Å²) in [7, 11) is 0. The number of benzene rings is 1. The fraction of sp³-hybridized carbons (Fsp3) is 0.133. The quantitative estimate of drug-likeness (QED) is 0.788. The lowest BCUT2D eigenvalue weighted by Gasteiger charge is -1.98. The van der Waals surface area contributed by atoms with Gasteiger partial charge in [-0.1, -0.05) is 35.0 Å². The Bertz CT molecular complexity index is 719. The number of hydrogen-bond donors (Lipinski definition) is 1. The Morgan fingerprint density at radius 3 is 2.70 bits per heavy atom. The molecule has 5 nitrogen and oxygen atoms in total. The Labute approximate surface area is 116 Å². The number of aromatic nitrogens is 3. The number of nitrogens with two attached hydrogens (primary N) is 1. The van der Waals surface area contributed by atoms with Crippen molar-refractivity contribution in [3.63, 3.8) is 0 Å². The number of hydrogen-bond acceptors (Lipinski definition) is 5. The van der Waals surface area contributed by atoms with E-state index in [4.69, 9.17) is 10.3 Å². The van der Waals surface area contributed by atoms with E-state index in [1.165, 1.54) is 5.56 Å². The Balaban J connectivity index is 1.84. The monoisotopic (exact) mass is 266 g/mol. The molecule has 1 aromatic carbocycles. The summed E-state index contributed by atoms with van der Waals surface area (Å²) < 4.78 is 5.22. The highest BCUT2D eigenvalue weighted by Gasteiger charge is 2.12. The molecule has 3 aromatic rings. The SMILES string of the molecule is Cc1ccc(Cc2noc(-c3ncccc3N)n2)cc1. The van der Waals surface area contributed by atoms with Gasteiger partial charge in [0.1, 0.15) is 0 Å². The van der Waals surface area contributed by atoms with Crippen LogP contribution in [0.25, 0.3) is 11.6 Å². The third-order valence-electron chi connectivity index (χ3n) is 2.99. The van der Waals surface area contributed by atoms with Crippen molar-refractivity contribution in [3.05, 3.63) is 59.5 Å². The minimum absolute atomic E-state index is 0.352. The summed E-state index contributed by atoms with van der Waals surface area (Å²) in [6.45, 7) is 2.06. The summed E-state index contributed by atoms with van der Waals surface area (Å²) in [4.78, 5) is 8.50. The van der Waals surface area contributed by atoms with Gasteiger partial charge in [-0.2, -0.15) is 4.98 Å². The van der Waals surface area contributed by atoms with Gasteiger partial charge >= 0.3 is 0 Å². The second-order valence-corrected chi connectivity index (χ2v) is 4.62. The first-order valence-electron chi connectivity index (χ1n) is 6.31. The molecule has 100 valence electrons. The molecule has 0 fully saturated rings. The molecular weight excluding hydrogens is 252 g/mol. The number of aryl methyl sites for hydroxylation is 1. The Morgan fingerprint density at radius 2 is 1.95 bits per heavy atom. The van der Waals surface area contributed by atoms with Gasteiger partial charge in [0.25, 0.3) is 5.89 Å². The Kier molecular flexibility index (Phi) is 3.16. The smallest absolute Gasteiger partial charge is 0.278 e. The first-order valence-corrected chi connectivity index (χ1v) is 6.31. The number of nitrogen functional groups attached to an aromatic ring is 1. The summed E-state index contributed by atoms with van der Waals surface area (Å²) in [6, 6.07) is 11.8. The molecule has 0 unspecified atom stereocenters. The van der Waals surface area contributed by atoms with Crippen LogP contribution in [0.3, 0.4) is 0 Å². The van der Waals surface area contributed by atoms with Crippen LogP contribution >= 0.6 is 0 Å². The molecule has 0 aliphatic rings. The molecule has 2 heterocycles. The standard InChI is InChI=1S/C15H14N4O/c1-10-4-6-11(7-5-10)9-13-18-15(20-19-13)14-12(16)3-2-8-17-14/h2-8H,9,16H2,1H3. The van der Waals surface area contributed by atoms with Crippen LogP contribution in [0.4, 0.5) is 5.69 Å². The lowest BCUT2D eigenvalue weighted by atomic mass is 10.1. The fourth-order valence-electron chi connectivity index (χ4n) is 1.91.